The summed E-state index contributed by atoms with van der Waals surface area (Å²) in [5.74, 6) is -1.50. The lowest BCUT2D eigenvalue weighted by atomic mass is 9.98. The number of urea groups is 1. The van der Waals surface area contributed by atoms with E-state index in [-0.39, 0.29) is 18.9 Å². The van der Waals surface area contributed by atoms with Gasteiger partial charge in [0, 0.05) is 12.3 Å². The van der Waals surface area contributed by atoms with E-state index < -0.39 is 36.9 Å². The van der Waals surface area contributed by atoms with Crippen molar-refractivity contribution in [2.75, 3.05) is 13.2 Å². The lowest BCUT2D eigenvalue weighted by Crippen LogP contribution is -2.55. The van der Waals surface area contributed by atoms with Crippen molar-refractivity contribution in [1.82, 2.24) is 16.0 Å². The van der Waals surface area contributed by atoms with Crippen molar-refractivity contribution in [3.8, 4) is 11.1 Å². The first kappa shape index (κ1) is 24.7. The molecule has 3 aromatic carbocycles. The highest BCUT2D eigenvalue weighted by molar-refractivity contribution is 5.83. The molecule has 3 aromatic rings. The highest BCUT2D eigenvalue weighted by atomic mass is 16.5. The fraction of sp³-hybridized carbons (Fsp3) is 0.222. The normalized spacial score (nSPS) is 13.6. The Hall–Kier alpha value is -4.37. The quantitative estimate of drug-likeness (QED) is 0.293. The molecule has 3 amide bonds. The van der Waals surface area contributed by atoms with Gasteiger partial charge in [-0.2, -0.15) is 0 Å². The molecule has 4 rings (SSSR count). The van der Waals surface area contributed by atoms with Gasteiger partial charge < -0.3 is 30.9 Å². The number of carboxylic acid groups (broad SMARTS) is 1. The monoisotopic (exact) mass is 489 g/mol. The Morgan fingerprint density at radius 2 is 1.39 bits per heavy atom. The third kappa shape index (κ3) is 5.81. The third-order valence-corrected chi connectivity index (χ3v) is 6.01. The molecular weight excluding hydrogens is 462 g/mol. The van der Waals surface area contributed by atoms with Crippen LogP contribution >= 0.6 is 0 Å². The number of aliphatic carboxylic acids is 1. The number of nitrogens with one attached hydrogen (secondary N) is 3. The summed E-state index contributed by atoms with van der Waals surface area (Å²) in [6, 6.07) is 22.8. The van der Waals surface area contributed by atoms with E-state index in [4.69, 9.17) is 14.9 Å². The molecule has 0 heterocycles. The van der Waals surface area contributed by atoms with Crippen LogP contribution in [-0.2, 0) is 16.0 Å². The van der Waals surface area contributed by atoms with Gasteiger partial charge >= 0.3 is 18.1 Å². The van der Waals surface area contributed by atoms with Crippen molar-refractivity contribution in [1.29, 1.82) is 0 Å². The van der Waals surface area contributed by atoms with E-state index in [0.29, 0.717) is 0 Å². The maximum Gasteiger partial charge on any atom is 0.408 e. The van der Waals surface area contributed by atoms with Crippen molar-refractivity contribution >= 4 is 18.1 Å². The van der Waals surface area contributed by atoms with E-state index in [0.717, 1.165) is 27.8 Å². The van der Waals surface area contributed by atoms with Crippen LogP contribution in [0.25, 0.3) is 11.1 Å². The fourth-order valence-electron chi connectivity index (χ4n) is 4.31. The number of benzene rings is 3. The van der Waals surface area contributed by atoms with Gasteiger partial charge in [0.05, 0.1) is 6.61 Å². The Labute approximate surface area is 208 Å². The maximum atomic E-state index is 12.8. The van der Waals surface area contributed by atoms with Gasteiger partial charge in [-0.1, -0.05) is 78.9 Å². The van der Waals surface area contributed by atoms with Crippen LogP contribution in [0.1, 0.15) is 22.6 Å². The van der Waals surface area contributed by atoms with E-state index in [1.54, 1.807) is 0 Å². The van der Waals surface area contributed by atoms with Crippen LogP contribution in [-0.4, -0.2) is 53.7 Å². The number of alkyl carbamates (subject to hydrolysis) is 1. The first-order valence-electron chi connectivity index (χ1n) is 11.5. The molecule has 5 N–H and O–H groups in total. The number of amides is 3. The van der Waals surface area contributed by atoms with Gasteiger partial charge in [0.1, 0.15) is 12.8 Å². The van der Waals surface area contributed by atoms with Crippen LogP contribution in [0, 0.1) is 0 Å². The maximum absolute atomic E-state index is 12.8. The van der Waals surface area contributed by atoms with Crippen LogP contribution in [0.15, 0.2) is 78.9 Å². The van der Waals surface area contributed by atoms with Gasteiger partial charge in [0.15, 0.2) is 6.04 Å². The summed E-state index contributed by atoms with van der Waals surface area (Å²) in [5, 5.41) is 25.6. The summed E-state index contributed by atoms with van der Waals surface area (Å²) < 4.78 is 5.57. The lowest BCUT2D eigenvalue weighted by Gasteiger charge is -2.22. The topological polar surface area (TPSA) is 137 Å². The number of rotatable bonds is 9. The van der Waals surface area contributed by atoms with E-state index in [1.807, 2.05) is 78.9 Å². The summed E-state index contributed by atoms with van der Waals surface area (Å²) in [7, 11) is 0. The average molecular weight is 490 g/mol. The summed E-state index contributed by atoms with van der Waals surface area (Å²) in [6.45, 7) is -0.665. The van der Waals surface area contributed by atoms with Crippen LogP contribution in [0.2, 0.25) is 0 Å². The summed E-state index contributed by atoms with van der Waals surface area (Å²) in [5.41, 5.74) is 5.21. The van der Waals surface area contributed by atoms with Crippen LogP contribution in [0.3, 0.4) is 0 Å². The van der Waals surface area contributed by atoms with Crippen molar-refractivity contribution in [3.63, 3.8) is 0 Å². The van der Waals surface area contributed by atoms with Gasteiger partial charge in [0.25, 0.3) is 0 Å². The Morgan fingerprint density at radius 1 is 0.806 bits per heavy atom. The number of carbonyl (C=O) groups excluding carboxylic acids is 2. The van der Waals surface area contributed by atoms with Crippen LogP contribution < -0.4 is 16.0 Å². The predicted octanol–water partition coefficient (Wildman–Crippen LogP) is 2.84. The van der Waals surface area contributed by atoms with Gasteiger partial charge in [-0.25, -0.2) is 14.4 Å². The van der Waals surface area contributed by atoms with Gasteiger partial charge in [-0.05, 0) is 27.8 Å². The number of carbonyl (C=O) groups is 3. The Balaban J connectivity index is 1.42. The van der Waals surface area contributed by atoms with Gasteiger partial charge in [0.2, 0.25) is 0 Å². The molecule has 1 aliphatic rings. The number of fused-ring (bicyclic) bond motifs is 3. The molecule has 1 aliphatic carbocycles. The fourth-order valence-corrected chi connectivity index (χ4v) is 4.31. The van der Waals surface area contributed by atoms with E-state index in [9.17, 15) is 14.4 Å². The number of hydrogen-bond acceptors (Lipinski definition) is 5. The largest absolute Gasteiger partial charge is 0.480 e. The van der Waals surface area contributed by atoms with Crippen LogP contribution in [0.4, 0.5) is 9.59 Å². The molecule has 9 nitrogen and oxygen atoms in total. The number of aliphatic hydroxyl groups is 1. The molecule has 0 radical (unpaired) electrons. The Bertz CT molecular complexity index is 1190. The second kappa shape index (κ2) is 11.4. The molecule has 0 saturated heterocycles. The first-order chi connectivity index (χ1) is 17.5. The van der Waals surface area contributed by atoms with Crippen molar-refractivity contribution < 1.29 is 29.3 Å². The molecule has 0 unspecified atom stereocenters. The molecule has 0 saturated carbocycles. The molecule has 2 atom stereocenters. The third-order valence-electron chi connectivity index (χ3n) is 6.01. The smallest absolute Gasteiger partial charge is 0.408 e. The van der Waals surface area contributed by atoms with E-state index in [1.165, 1.54) is 0 Å². The number of ether oxygens (including phenoxy) is 1. The molecule has 0 aromatic heterocycles. The second-order valence-electron chi connectivity index (χ2n) is 8.40. The number of hydrogen-bond donors (Lipinski definition) is 5. The average Bonchev–Trinajstić information content (AvgIpc) is 3.20. The molecule has 36 heavy (non-hydrogen) atoms. The van der Waals surface area contributed by atoms with Crippen molar-refractivity contribution in [2.45, 2.75) is 24.5 Å². The van der Waals surface area contributed by atoms with Crippen molar-refractivity contribution in [2.24, 2.45) is 0 Å². The SMILES string of the molecule is O=C(N[C@H](Cc1ccccc1)NC(=O)OCC1c2ccccc2-c2ccccc21)N[C@@H](CO)C(=O)O. The zero-order chi connectivity index (χ0) is 25.5. The highest BCUT2D eigenvalue weighted by Crippen LogP contribution is 2.44. The minimum absolute atomic E-state index is 0.107. The highest BCUT2D eigenvalue weighted by Gasteiger charge is 2.29. The number of carboxylic acids is 1. The molecule has 0 aliphatic heterocycles. The molecule has 0 spiro atoms. The minimum Gasteiger partial charge on any atom is -0.480 e. The molecule has 0 fully saturated rings. The standard InChI is InChI=1S/C27H27N3O6/c31-15-23(25(32)33)28-26(34)29-24(14-17-8-2-1-3-9-17)30-27(35)36-16-22-20-12-6-4-10-18(20)19-11-5-7-13-21(19)22/h1-13,22-24,31H,14-16H2,(H,30,35)(H,32,33)(H2,28,29,34)/t23-,24-/m0/s1. The Kier molecular flexibility index (Phi) is 7.82. The van der Waals surface area contributed by atoms with Crippen LogP contribution in [0.5, 0.6) is 0 Å². The van der Waals surface area contributed by atoms with Gasteiger partial charge in [-0.3, -0.25) is 0 Å². The van der Waals surface area contributed by atoms with Gasteiger partial charge in [-0.15, -0.1) is 0 Å². The zero-order valence-corrected chi connectivity index (χ0v) is 19.4. The molecule has 0 bridgehead atoms. The predicted molar refractivity (Wildman–Crippen MR) is 132 cm³/mol. The molecule has 9 heteroatoms. The lowest BCUT2D eigenvalue weighted by molar-refractivity contribution is -0.140. The Morgan fingerprint density at radius 3 is 1.97 bits per heavy atom. The van der Waals surface area contributed by atoms with Crippen molar-refractivity contribution in [3.05, 3.63) is 95.6 Å². The summed E-state index contributed by atoms with van der Waals surface area (Å²) in [4.78, 5) is 36.2. The molecular formula is C27H27N3O6. The second-order valence-corrected chi connectivity index (χ2v) is 8.40. The first-order valence-corrected chi connectivity index (χ1v) is 11.5. The van der Waals surface area contributed by atoms with E-state index in [2.05, 4.69) is 16.0 Å². The minimum atomic E-state index is -1.48. The number of aliphatic hydroxyl groups excluding tert-OH is 1. The van der Waals surface area contributed by atoms with E-state index >= 15 is 0 Å². The summed E-state index contributed by atoms with van der Waals surface area (Å²) >= 11 is 0. The zero-order valence-electron chi connectivity index (χ0n) is 19.4. The summed E-state index contributed by atoms with van der Waals surface area (Å²) in [6.07, 6.45) is -1.39. The molecule has 186 valence electrons.